The number of carbonyl (C=O) groups is 1. The van der Waals surface area contributed by atoms with Crippen LogP contribution in [-0.2, 0) is 19.0 Å². The number of unbranched alkanes of at least 4 members (excludes halogenated alkanes) is 3. The van der Waals surface area contributed by atoms with Crippen molar-refractivity contribution in [1.29, 1.82) is 0 Å². The average Bonchev–Trinajstić information content (AvgIpc) is 3.19. The van der Waals surface area contributed by atoms with Crippen molar-refractivity contribution >= 4 is 5.97 Å². The Bertz CT molecular complexity index is 409. The maximum atomic E-state index is 10.4. The van der Waals surface area contributed by atoms with Crippen molar-refractivity contribution in [3.63, 3.8) is 0 Å². The van der Waals surface area contributed by atoms with Crippen LogP contribution in [0.3, 0.4) is 0 Å². The van der Waals surface area contributed by atoms with Gasteiger partial charge in [0.1, 0.15) is 0 Å². The van der Waals surface area contributed by atoms with E-state index in [1.165, 1.54) is 31.8 Å². The van der Waals surface area contributed by atoms with Crippen molar-refractivity contribution in [2.24, 2.45) is 11.8 Å². The molecule has 144 valence electrons. The van der Waals surface area contributed by atoms with E-state index in [-0.39, 0.29) is 0 Å². The molecule has 1 N–H and O–H groups in total. The zero-order valence-corrected chi connectivity index (χ0v) is 15.5. The minimum atomic E-state index is -0.906. The van der Waals surface area contributed by atoms with Crippen molar-refractivity contribution in [1.82, 2.24) is 0 Å². The number of ether oxygens (including phenoxy) is 3. The molecule has 5 heteroatoms. The summed E-state index contributed by atoms with van der Waals surface area (Å²) in [5.74, 6) is 0.103. The fourth-order valence-electron chi connectivity index (χ4n) is 4.01. The highest BCUT2D eigenvalue weighted by Gasteiger charge is 2.48. The summed E-state index contributed by atoms with van der Waals surface area (Å²) in [5, 5.41) is 8.56. The summed E-state index contributed by atoms with van der Waals surface area (Å²) < 4.78 is 17.7. The number of hydrogen-bond acceptors (Lipinski definition) is 4. The maximum Gasteiger partial charge on any atom is 0.327 e. The third kappa shape index (κ3) is 7.08. The van der Waals surface area contributed by atoms with Gasteiger partial charge in [-0.05, 0) is 38.0 Å². The monoisotopic (exact) mass is 354 g/mol. The second-order valence-electron chi connectivity index (χ2n) is 7.18. The normalized spacial score (nSPS) is 28.2. The minimum Gasteiger partial charge on any atom is -0.478 e. The predicted octanol–water partition coefficient (Wildman–Crippen LogP) is 3.81. The molecule has 0 saturated carbocycles. The number of fused-ring (bicyclic) bond motifs is 2. The molecule has 5 nitrogen and oxygen atoms in total. The van der Waals surface area contributed by atoms with Crippen LogP contribution in [0.25, 0.3) is 0 Å². The Balaban J connectivity index is 1.60. The Morgan fingerprint density at radius 1 is 1.08 bits per heavy atom. The van der Waals surface area contributed by atoms with Gasteiger partial charge in [0.25, 0.3) is 0 Å². The molecule has 2 aliphatic heterocycles. The zero-order chi connectivity index (χ0) is 17.9. The summed E-state index contributed by atoms with van der Waals surface area (Å²) in [7, 11) is 0. The van der Waals surface area contributed by atoms with Crippen LogP contribution in [-0.4, -0.2) is 49.7 Å². The largest absolute Gasteiger partial charge is 0.478 e. The van der Waals surface area contributed by atoms with Crippen LogP contribution in [0.1, 0.15) is 58.3 Å². The highest BCUT2D eigenvalue weighted by molar-refractivity contribution is 5.79. The molecule has 0 aromatic rings. The lowest BCUT2D eigenvalue weighted by molar-refractivity contribution is -0.131. The van der Waals surface area contributed by atoms with Crippen LogP contribution in [0, 0.1) is 11.8 Å². The molecule has 0 unspecified atom stereocenters. The van der Waals surface area contributed by atoms with Gasteiger partial charge in [0, 0.05) is 25.2 Å². The highest BCUT2D eigenvalue weighted by Crippen LogP contribution is 2.45. The van der Waals surface area contributed by atoms with E-state index in [4.69, 9.17) is 19.3 Å². The molecule has 2 saturated heterocycles. The van der Waals surface area contributed by atoms with Gasteiger partial charge in [0.15, 0.2) is 0 Å². The average molecular weight is 354 g/mol. The van der Waals surface area contributed by atoms with Gasteiger partial charge in [0.05, 0.1) is 25.4 Å². The molecule has 0 aromatic heterocycles. The van der Waals surface area contributed by atoms with Crippen LogP contribution in [0.4, 0.5) is 0 Å². The van der Waals surface area contributed by atoms with E-state index in [1.807, 2.05) is 0 Å². The van der Waals surface area contributed by atoms with Crippen LogP contribution >= 0.6 is 0 Å². The zero-order valence-electron chi connectivity index (χ0n) is 15.5. The van der Waals surface area contributed by atoms with Gasteiger partial charge < -0.3 is 19.3 Å². The molecule has 2 bridgehead atoms. The van der Waals surface area contributed by atoms with E-state index in [1.54, 1.807) is 6.08 Å². The SMILES string of the molecule is CCCCCCOCC[C@@H]1[C@H](COCCC=CC(=O)O)[C@@H]2CC[C@H]1O2. The summed E-state index contributed by atoms with van der Waals surface area (Å²) in [6, 6.07) is 0. The number of carboxylic acid groups (broad SMARTS) is 1. The van der Waals surface area contributed by atoms with E-state index >= 15 is 0 Å². The van der Waals surface area contributed by atoms with Gasteiger partial charge in [0.2, 0.25) is 0 Å². The fourth-order valence-corrected chi connectivity index (χ4v) is 4.01. The highest BCUT2D eigenvalue weighted by atomic mass is 16.5. The van der Waals surface area contributed by atoms with Crippen LogP contribution in [0.2, 0.25) is 0 Å². The van der Waals surface area contributed by atoms with E-state index in [0.29, 0.717) is 43.7 Å². The van der Waals surface area contributed by atoms with Crippen LogP contribution in [0.15, 0.2) is 12.2 Å². The summed E-state index contributed by atoms with van der Waals surface area (Å²) in [5.41, 5.74) is 0. The first-order valence-corrected chi connectivity index (χ1v) is 9.92. The van der Waals surface area contributed by atoms with E-state index in [0.717, 1.165) is 32.5 Å². The van der Waals surface area contributed by atoms with Crippen LogP contribution in [0.5, 0.6) is 0 Å². The van der Waals surface area contributed by atoms with Crippen molar-refractivity contribution in [3.8, 4) is 0 Å². The Kier molecular flexibility index (Phi) is 9.51. The van der Waals surface area contributed by atoms with Gasteiger partial charge in [-0.25, -0.2) is 4.79 Å². The molecule has 0 aliphatic carbocycles. The summed E-state index contributed by atoms with van der Waals surface area (Å²) in [6.07, 6.45) is 12.5. The lowest BCUT2D eigenvalue weighted by atomic mass is 9.78. The number of carboxylic acids is 1. The number of hydrogen-bond donors (Lipinski definition) is 1. The number of rotatable bonds is 14. The molecule has 0 radical (unpaired) electrons. The summed E-state index contributed by atoms with van der Waals surface area (Å²) in [6.45, 7) is 5.20. The molecule has 0 aromatic carbocycles. The first kappa shape index (κ1) is 20.4. The quantitative estimate of drug-likeness (QED) is 0.379. The second-order valence-corrected chi connectivity index (χ2v) is 7.18. The second kappa shape index (κ2) is 11.7. The van der Waals surface area contributed by atoms with Gasteiger partial charge in [-0.3, -0.25) is 0 Å². The third-order valence-electron chi connectivity index (χ3n) is 5.33. The van der Waals surface area contributed by atoms with Crippen molar-refractivity contribution in [2.75, 3.05) is 26.4 Å². The molecule has 2 heterocycles. The molecule has 4 atom stereocenters. The van der Waals surface area contributed by atoms with Crippen molar-refractivity contribution < 1.29 is 24.1 Å². The van der Waals surface area contributed by atoms with E-state index < -0.39 is 5.97 Å². The third-order valence-corrected chi connectivity index (χ3v) is 5.33. The predicted molar refractivity (Wildman–Crippen MR) is 96.7 cm³/mol. The van der Waals surface area contributed by atoms with E-state index in [9.17, 15) is 4.79 Å². The molecule has 2 rings (SSSR count). The lowest BCUT2D eigenvalue weighted by Crippen LogP contribution is -2.31. The molecule has 0 amide bonds. The first-order valence-electron chi connectivity index (χ1n) is 9.92. The van der Waals surface area contributed by atoms with Gasteiger partial charge in [-0.1, -0.05) is 32.3 Å². The molecular formula is C20H34O5. The lowest BCUT2D eigenvalue weighted by Gasteiger charge is -2.27. The van der Waals surface area contributed by atoms with E-state index in [2.05, 4.69) is 6.92 Å². The van der Waals surface area contributed by atoms with Crippen molar-refractivity contribution in [2.45, 2.75) is 70.5 Å². The maximum absolute atomic E-state index is 10.4. The number of aliphatic carboxylic acids is 1. The standard InChI is InChI=1S/C20H34O5/c1-2-3-4-6-12-23-14-11-16-17(19-10-9-18(16)25-19)15-24-13-7-5-8-20(21)22/h5,8,16-19H,2-4,6-7,9-15H2,1H3,(H,21,22)/t16-,17+,18-,19+/m1/s1. The minimum absolute atomic E-state index is 0.342. The molecule has 2 fully saturated rings. The fraction of sp³-hybridized carbons (Fsp3) is 0.850. The molecule has 25 heavy (non-hydrogen) atoms. The smallest absolute Gasteiger partial charge is 0.327 e. The summed E-state index contributed by atoms with van der Waals surface area (Å²) >= 11 is 0. The Morgan fingerprint density at radius 2 is 1.88 bits per heavy atom. The topological polar surface area (TPSA) is 65.0 Å². The molecule has 2 aliphatic rings. The molecule has 0 spiro atoms. The van der Waals surface area contributed by atoms with Gasteiger partial charge >= 0.3 is 5.97 Å². The summed E-state index contributed by atoms with van der Waals surface area (Å²) in [4.78, 5) is 10.4. The van der Waals surface area contributed by atoms with Gasteiger partial charge in [-0.15, -0.1) is 0 Å². The first-order chi connectivity index (χ1) is 12.2. The molecular weight excluding hydrogens is 320 g/mol. The van der Waals surface area contributed by atoms with Crippen molar-refractivity contribution in [3.05, 3.63) is 12.2 Å². The van der Waals surface area contributed by atoms with Gasteiger partial charge in [-0.2, -0.15) is 0 Å². The van der Waals surface area contributed by atoms with Crippen LogP contribution < -0.4 is 0 Å². The Labute approximate surface area is 151 Å². The Morgan fingerprint density at radius 3 is 2.64 bits per heavy atom. The Hall–Kier alpha value is -0.910.